The zero-order valence-corrected chi connectivity index (χ0v) is 30.6. The van der Waals surface area contributed by atoms with Gasteiger partial charge in [-0.05, 0) is 34.4 Å². The third-order valence-corrected chi connectivity index (χ3v) is 6.55. The highest BCUT2D eigenvalue weighted by Gasteiger charge is 2.33. The average molecular weight is 677 g/mol. The van der Waals surface area contributed by atoms with Crippen LogP contribution in [0.1, 0.15) is 77.6 Å². The summed E-state index contributed by atoms with van der Waals surface area (Å²) in [6.45, 7) is 16.7. The number of hydrogen-bond acceptors (Lipinski definition) is 4. The van der Waals surface area contributed by atoms with E-state index in [1.165, 1.54) is 9.80 Å². The first-order valence-electron chi connectivity index (χ1n) is 17.3. The highest BCUT2D eigenvalue weighted by molar-refractivity contribution is 6.14. The monoisotopic (exact) mass is 676 g/mol. The maximum atomic E-state index is 11.9. The molecule has 0 aliphatic carbocycles. The minimum absolute atomic E-state index is 0.361. The quantitative estimate of drug-likeness (QED) is 0.157. The second kappa shape index (κ2) is 24.4. The number of nitrogens with one attached hydrogen (secondary N) is 2. The lowest BCUT2D eigenvalue weighted by molar-refractivity contribution is -0.116. The van der Waals surface area contributed by atoms with Gasteiger partial charge in [0.05, 0.1) is 13.1 Å². The first kappa shape index (κ1) is 42.3. The number of hydrogen-bond donors (Lipinski definition) is 2. The Hall–Kier alpha value is -5.76. The minimum Gasteiger partial charge on any atom is -0.284 e. The lowest BCUT2D eigenvalue weighted by atomic mass is 10.1. The van der Waals surface area contributed by atoms with Crippen molar-refractivity contribution in [2.75, 3.05) is 0 Å². The molecule has 0 atom stereocenters. The lowest BCUT2D eigenvalue weighted by Gasteiger charge is -2.15. The predicted octanol–water partition coefficient (Wildman–Crippen LogP) is 9.66. The van der Waals surface area contributed by atoms with Gasteiger partial charge in [-0.3, -0.25) is 30.0 Å². The Morgan fingerprint density at radius 3 is 0.960 bits per heavy atom. The van der Waals surface area contributed by atoms with Crippen LogP contribution < -0.4 is 10.6 Å². The van der Waals surface area contributed by atoms with Gasteiger partial charge in [0, 0.05) is 0 Å². The first-order chi connectivity index (χ1) is 24.5. The maximum Gasteiger partial charge on any atom is 0.329 e. The Bertz CT molecular complexity index is 1510. The summed E-state index contributed by atoms with van der Waals surface area (Å²) in [5.41, 5.74) is 4.46. The normalized spacial score (nSPS) is 14.2. The molecule has 0 radical (unpaired) electrons. The molecule has 2 fully saturated rings. The van der Waals surface area contributed by atoms with Gasteiger partial charge in [-0.1, -0.05) is 177 Å². The molecule has 8 nitrogen and oxygen atoms in total. The van der Waals surface area contributed by atoms with Crippen molar-refractivity contribution < 1.29 is 19.2 Å². The molecule has 8 heteroatoms. The SMILES string of the molecule is CC.CC.CC.CC.O=C1NC(=O)N(Cc2ccccc2)/C1=C/c1ccccc1.O=C1NC(=O)N(Cc2ccccc2)/C1=C\c1ccccc1. The van der Waals surface area contributed by atoms with Crippen molar-refractivity contribution in [3.8, 4) is 0 Å². The van der Waals surface area contributed by atoms with Gasteiger partial charge in [0.2, 0.25) is 0 Å². The second-order valence-corrected chi connectivity index (χ2v) is 9.54. The Labute approximate surface area is 298 Å². The Morgan fingerprint density at radius 2 is 0.680 bits per heavy atom. The molecule has 2 heterocycles. The number of urea groups is 2. The van der Waals surface area contributed by atoms with Crippen LogP contribution in [0.2, 0.25) is 0 Å². The summed E-state index contributed by atoms with van der Waals surface area (Å²) in [7, 11) is 0. The van der Waals surface area contributed by atoms with Crippen LogP contribution in [0.5, 0.6) is 0 Å². The molecule has 0 saturated carbocycles. The number of carbonyl (C=O) groups excluding carboxylic acids is 4. The van der Waals surface area contributed by atoms with E-state index in [4.69, 9.17) is 0 Å². The van der Waals surface area contributed by atoms with E-state index in [1.807, 2.05) is 177 Å². The summed E-state index contributed by atoms with van der Waals surface area (Å²) in [5.74, 6) is -0.723. The van der Waals surface area contributed by atoms with E-state index in [0.717, 1.165) is 22.3 Å². The molecule has 0 unspecified atom stereocenters. The van der Waals surface area contributed by atoms with E-state index in [9.17, 15) is 19.2 Å². The van der Waals surface area contributed by atoms with E-state index >= 15 is 0 Å². The van der Waals surface area contributed by atoms with Crippen molar-refractivity contribution in [2.45, 2.75) is 68.5 Å². The van der Waals surface area contributed by atoms with Crippen LogP contribution >= 0.6 is 0 Å². The summed E-state index contributed by atoms with van der Waals surface area (Å²) in [5, 5.41) is 4.67. The third-order valence-electron chi connectivity index (χ3n) is 6.55. The van der Waals surface area contributed by atoms with Gasteiger partial charge >= 0.3 is 12.1 Å². The molecule has 264 valence electrons. The van der Waals surface area contributed by atoms with Crippen LogP contribution in [0.4, 0.5) is 9.59 Å². The summed E-state index contributed by atoms with van der Waals surface area (Å²) >= 11 is 0. The molecule has 4 aromatic carbocycles. The van der Waals surface area contributed by atoms with Gasteiger partial charge in [-0.15, -0.1) is 0 Å². The largest absolute Gasteiger partial charge is 0.329 e. The van der Waals surface area contributed by atoms with Crippen molar-refractivity contribution in [3.63, 3.8) is 0 Å². The van der Waals surface area contributed by atoms with Crippen LogP contribution in [0.25, 0.3) is 12.2 Å². The molecule has 0 spiro atoms. The molecule has 4 aromatic rings. The number of nitrogens with zero attached hydrogens (tertiary/aromatic N) is 2. The minimum atomic E-state index is -0.383. The van der Waals surface area contributed by atoms with Crippen molar-refractivity contribution in [1.29, 1.82) is 0 Å². The lowest BCUT2D eigenvalue weighted by Crippen LogP contribution is -2.27. The van der Waals surface area contributed by atoms with Crippen LogP contribution in [-0.4, -0.2) is 33.7 Å². The zero-order chi connectivity index (χ0) is 37.3. The Balaban J connectivity index is 0.000000417. The standard InChI is InChI=1S/2C17H14N2O2.4C2H6/c2*20-16-15(11-13-7-3-1-4-8-13)19(17(21)18-16)12-14-9-5-2-6-10-14;4*1-2/h2*1-11H,12H2,(H,18,20,21);4*1-2H3/b15-11+;15-11-;;;;. The Morgan fingerprint density at radius 1 is 0.420 bits per heavy atom. The molecule has 0 bridgehead atoms. The summed E-state index contributed by atoms with van der Waals surface area (Å²) in [4.78, 5) is 50.7. The molecule has 2 aliphatic rings. The maximum absolute atomic E-state index is 11.9. The molecule has 2 saturated heterocycles. The van der Waals surface area contributed by atoms with Crippen LogP contribution in [0.3, 0.4) is 0 Å². The van der Waals surface area contributed by atoms with E-state index in [1.54, 1.807) is 12.2 Å². The number of benzene rings is 4. The van der Waals surface area contributed by atoms with Crippen molar-refractivity contribution in [1.82, 2.24) is 20.4 Å². The summed E-state index contributed by atoms with van der Waals surface area (Å²) < 4.78 is 0. The second-order valence-electron chi connectivity index (χ2n) is 9.54. The van der Waals surface area contributed by atoms with Gasteiger partial charge in [-0.2, -0.15) is 0 Å². The molecular weight excluding hydrogens is 624 g/mol. The third kappa shape index (κ3) is 13.0. The van der Waals surface area contributed by atoms with Crippen molar-refractivity contribution >= 4 is 36.0 Å². The van der Waals surface area contributed by atoms with Crippen LogP contribution in [0, 0.1) is 0 Å². The van der Waals surface area contributed by atoms with Crippen molar-refractivity contribution in [3.05, 3.63) is 155 Å². The fraction of sp³-hybridized carbons (Fsp3) is 0.238. The average Bonchev–Trinajstić information content (AvgIpc) is 3.60. The molecule has 2 N–H and O–H groups in total. The summed E-state index contributed by atoms with van der Waals surface area (Å²) in [6.07, 6.45) is 3.45. The molecule has 6 amide bonds. The number of imide groups is 2. The van der Waals surface area contributed by atoms with Gasteiger partial charge in [0.15, 0.2) is 0 Å². The van der Waals surface area contributed by atoms with Gasteiger partial charge in [0.25, 0.3) is 11.8 Å². The first-order valence-corrected chi connectivity index (χ1v) is 17.3. The fourth-order valence-electron chi connectivity index (χ4n) is 4.47. The predicted molar refractivity (Wildman–Crippen MR) is 205 cm³/mol. The van der Waals surface area contributed by atoms with Gasteiger partial charge in [-0.25, -0.2) is 9.59 Å². The van der Waals surface area contributed by atoms with Crippen molar-refractivity contribution in [2.24, 2.45) is 0 Å². The zero-order valence-electron chi connectivity index (χ0n) is 30.6. The number of rotatable bonds is 6. The Kier molecular flexibility index (Phi) is 20.6. The molecule has 0 aromatic heterocycles. The van der Waals surface area contributed by atoms with E-state index < -0.39 is 0 Å². The molecule has 2 aliphatic heterocycles. The smallest absolute Gasteiger partial charge is 0.284 e. The van der Waals surface area contributed by atoms with E-state index in [0.29, 0.717) is 24.5 Å². The van der Waals surface area contributed by atoms with Crippen LogP contribution in [-0.2, 0) is 22.7 Å². The van der Waals surface area contributed by atoms with Crippen LogP contribution in [0.15, 0.2) is 133 Å². The fourth-order valence-corrected chi connectivity index (χ4v) is 4.47. The highest BCUT2D eigenvalue weighted by Crippen LogP contribution is 2.21. The van der Waals surface area contributed by atoms with E-state index in [2.05, 4.69) is 10.6 Å². The highest BCUT2D eigenvalue weighted by atomic mass is 16.2. The van der Waals surface area contributed by atoms with Gasteiger partial charge in [0.1, 0.15) is 11.4 Å². The van der Waals surface area contributed by atoms with Gasteiger partial charge < -0.3 is 0 Å². The number of amides is 6. The summed E-state index contributed by atoms with van der Waals surface area (Å²) in [6, 6.07) is 37.4. The number of carbonyl (C=O) groups is 4. The topological polar surface area (TPSA) is 98.8 Å². The molecular formula is C42H52N4O4. The molecule has 6 rings (SSSR count). The molecule has 50 heavy (non-hydrogen) atoms. The van der Waals surface area contributed by atoms with E-state index in [-0.39, 0.29) is 23.9 Å².